The second-order valence-corrected chi connectivity index (χ2v) is 6.51. The summed E-state index contributed by atoms with van der Waals surface area (Å²) in [5.74, 6) is -0.327. The minimum Gasteiger partial charge on any atom is -0.352 e. The molecule has 0 bridgehead atoms. The highest BCUT2D eigenvalue weighted by molar-refractivity contribution is 5.78. The highest BCUT2D eigenvalue weighted by Crippen LogP contribution is 2.03. The van der Waals surface area contributed by atoms with Crippen molar-refractivity contribution >= 4 is 17.1 Å². The van der Waals surface area contributed by atoms with Crippen molar-refractivity contribution in [1.29, 1.82) is 0 Å². The van der Waals surface area contributed by atoms with E-state index in [1.54, 1.807) is 0 Å². The lowest BCUT2D eigenvalue weighted by Crippen LogP contribution is -2.44. The highest BCUT2D eigenvalue weighted by Gasteiger charge is 2.17. The average Bonchev–Trinajstić information content (AvgIpc) is 2.65. The molecule has 0 fully saturated rings. The van der Waals surface area contributed by atoms with Crippen LogP contribution in [0.15, 0.2) is 52.3 Å². The zero-order valence-electron chi connectivity index (χ0n) is 15.3. The molecule has 0 saturated heterocycles. The second-order valence-electron chi connectivity index (χ2n) is 6.51. The first kappa shape index (κ1) is 18.5. The molecule has 0 spiro atoms. The molecule has 0 aliphatic carbocycles. The molecule has 27 heavy (non-hydrogen) atoms. The lowest BCUT2D eigenvalue weighted by Gasteiger charge is -2.14. The normalized spacial score (nSPS) is 11.1. The molecule has 0 aliphatic rings. The molecule has 1 amide bonds. The summed E-state index contributed by atoms with van der Waals surface area (Å²) in [6.45, 7) is 3.64. The van der Waals surface area contributed by atoms with E-state index in [1.807, 2.05) is 44.2 Å². The van der Waals surface area contributed by atoms with Gasteiger partial charge in [-0.2, -0.15) is 0 Å². The Morgan fingerprint density at radius 3 is 2.48 bits per heavy atom. The number of nitrogens with zero attached hydrogens (tertiary/aromatic N) is 4. The van der Waals surface area contributed by atoms with E-state index in [4.69, 9.17) is 0 Å². The fraction of sp³-hybridized carbons (Fsp3) is 0.316. The van der Waals surface area contributed by atoms with E-state index in [2.05, 4.69) is 15.3 Å². The highest BCUT2D eigenvalue weighted by atomic mass is 16.2. The zero-order valence-corrected chi connectivity index (χ0v) is 15.3. The van der Waals surface area contributed by atoms with Crippen LogP contribution in [-0.4, -0.2) is 31.1 Å². The van der Waals surface area contributed by atoms with Crippen molar-refractivity contribution in [1.82, 2.24) is 24.4 Å². The van der Waals surface area contributed by atoms with Gasteiger partial charge in [-0.1, -0.05) is 30.3 Å². The van der Waals surface area contributed by atoms with Gasteiger partial charge < -0.3 is 5.32 Å². The van der Waals surface area contributed by atoms with Crippen LogP contribution in [-0.2, 0) is 24.3 Å². The number of benzene rings is 1. The molecule has 0 saturated carbocycles. The first-order valence-electron chi connectivity index (χ1n) is 8.75. The van der Waals surface area contributed by atoms with Crippen LogP contribution in [0.2, 0.25) is 0 Å². The van der Waals surface area contributed by atoms with Crippen LogP contribution in [0.3, 0.4) is 0 Å². The van der Waals surface area contributed by atoms with E-state index in [-0.39, 0.29) is 36.2 Å². The molecule has 8 nitrogen and oxygen atoms in total. The van der Waals surface area contributed by atoms with Crippen LogP contribution in [0, 0.1) is 0 Å². The van der Waals surface area contributed by atoms with Gasteiger partial charge in [0.25, 0.3) is 5.56 Å². The quantitative estimate of drug-likeness (QED) is 0.692. The molecule has 140 valence electrons. The summed E-state index contributed by atoms with van der Waals surface area (Å²) in [6.07, 6.45) is 3.31. The number of amides is 1. The van der Waals surface area contributed by atoms with Crippen molar-refractivity contribution in [3.05, 3.63) is 69.1 Å². The van der Waals surface area contributed by atoms with E-state index in [0.717, 1.165) is 10.1 Å². The standard InChI is InChI=1S/C19H21N5O3/c1-13(2)22-15(25)12-24-17-16(20-9-10-21-17)18(26)23(19(24)27)11-8-14-6-4-3-5-7-14/h3-7,9-10,13H,8,11-12H2,1-2H3,(H,22,25). The molecule has 2 heterocycles. The van der Waals surface area contributed by atoms with Crippen LogP contribution >= 0.6 is 0 Å². The minimum atomic E-state index is -0.567. The number of aromatic nitrogens is 4. The number of carbonyl (C=O) groups is 1. The summed E-state index contributed by atoms with van der Waals surface area (Å²) in [7, 11) is 0. The molecule has 8 heteroatoms. The molecule has 3 aromatic rings. The van der Waals surface area contributed by atoms with Crippen LogP contribution in [0.5, 0.6) is 0 Å². The monoisotopic (exact) mass is 367 g/mol. The third kappa shape index (κ3) is 4.11. The Morgan fingerprint density at radius 2 is 1.78 bits per heavy atom. The number of hydrogen-bond acceptors (Lipinski definition) is 5. The number of aryl methyl sites for hydroxylation is 1. The van der Waals surface area contributed by atoms with Gasteiger partial charge in [0.2, 0.25) is 5.91 Å². The number of carbonyl (C=O) groups excluding carboxylic acids is 1. The van der Waals surface area contributed by atoms with E-state index < -0.39 is 11.2 Å². The number of fused-ring (bicyclic) bond motifs is 1. The van der Waals surface area contributed by atoms with E-state index in [0.29, 0.717) is 6.42 Å². The predicted octanol–water partition coefficient (Wildman–Crippen LogP) is 0.720. The van der Waals surface area contributed by atoms with Gasteiger partial charge in [-0.25, -0.2) is 14.8 Å². The average molecular weight is 367 g/mol. The van der Waals surface area contributed by atoms with Gasteiger partial charge in [0.05, 0.1) is 0 Å². The molecule has 0 radical (unpaired) electrons. The molecule has 0 unspecified atom stereocenters. The Labute approximate surface area is 155 Å². The van der Waals surface area contributed by atoms with Gasteiger partial charge in [-0.05, 0) is 25.8 Å². The number of nitrogens with one attached hydrogen (secondary N) is 1. The van der Waals surface area contributed by atoms with Crippen LogP contribution in [0.25, 0.3) is 11.2 Å². The van der Waals surface area contributed by atoms with Crippen LogP contribution < -0.4 is 16.6 Å². The van der Waals surface area contributed by atoms with Crippen LogP contribution in [0.4, 0.5) is 0 Å². The summed E-state index contributed by atoms with van der Waals surface area (Å²) in [6, 6.07) is 9.51. The summed E-state index contributed by atoms with van der Waals surface area (Å²) in [5.41, 5.74) is 0.124. The van der Waals surface area contributed by atoms with Gasteiger partial charge in [-0.15, -0.1) is 0 Å². The smallest absolute Gasteiger partial charge is 0.333 e. The van der Waals surface area contributed by atoms with Gasteiger partial charge in [0.1, 0.15) is 6.54 Å². The summed E-state index contributed by atoms with van der Waals surface area (Å²) < 4.78 is 2.32. The SMILES string of the molecule is CC(C)NC(=O)Cn1c(=O)n(CCc2ccccc2)c(=O)c2nccnc21. The third-order valence-corrected chi connectivity index (χ3v) is 4.06. The molecular formula is C19H21N5O3. The van der Waals surface area contributed by atoms with Gasteiger partial charge in [0, 0.05) is 25.0 Å². The van der Waals surface area contributed by atoms with E-state index in [9.17, 15) is 14.4 Å². The Morgan fingerprint density at radius 1 is 1.07 bits per heavy atom. The topological polar surface area (TPSA) is 98.9 Å². The Bertz CT molecular complexity index is 1070. The first-order chi connectivity index (χ1) is 13.0. The molecule has 0 atom stereocenters. The Hall–Kier alpha value is -3.29. The lowest BCUT2D eigenvalue weighted by molar-refractivity contribution is -0.122. The molecule has 3 rings (SSSR count). The maximum absolute atomic E-state index is 12.9. The van der Waals surface area contributed by atoms with Crippen molar-refractivity contribution < 1.29 is 4.79 Å². The lowest BCUT2D eigenvalue weighted by atomic mass is 10.1. The Kier molecular flexibility index (Phi) is 5.44. The van der Waals surface area contributed by atoms with Crippen molar-refractivity contribution in [2.45, 2.75) is 39.4 Å². The van der Waals surface area contributed by atoms with Crippen LogP contribution in [0.1, 0.15) is 19.4 Å². The molecule has 2 aromatic heterocycles. The maximum atomic E-state index is 12.9. The molecule has 0 aliphatic heterocycles. The molecule has 1 N–H and O–H groups in total. The molecular weight excluding hydrogens is 346 g/mol. The summed E-state index contributed by atoms with van der Waals surface area (Å²) in [5, 5.41) is 2.74. The predicted molar refractivity (Wildman–Crippen MR) is 101 cm³/mol. The van der Waals surface area contributed by atoms with Gasteiger partial charge in [0.15, 0.2) is 11.2 Å². The fourth-order valence-electron chi connectivity index (χ4n) is 2.87. The summed E-state index contributed by atoms with van der Waals surface area (Å²) in [4.78, 5) is 46.0. The van der Waals surface area contributed by atoms with Gasteiger partial charge >= 0.3 is 5.69 Å². The fourth-order valence-corrected chi connectivity index (χ4v) is 2.87. The van der Waals surface area contributed by atoms with Crippen molar-refractivity contribution in [3.63, 3.8) is 0 Å². The van der Waals surface area contributed by atoms with E-state index in [1.165, 1.54) is 17.0 Å². The van der Waals surface area contributed by atoms with Gasteiger partial charge in [-0.3, -0.25) is 18.7 Å². The Balaban J connectivity index is 2.04. The first-order valence-corrected chi connectivity index (χ1v) is 8.75. The third-order valence-electron chi connectivity index (χ3n) is 4.06. The van der Waals surface area contributed by atoms with E-state index >= 15 is 0 Å². The molecule has 1 aromatic carbocycles. The summed E-state index contributed by atoms with van der Waals surface area (Å²) >= 11 is 0. The number of hydrogen-bond donors (Lipinski definition) is 1. The minimum absolute atomic E-state index is 0.0606. The second kappa shape index (κ2) is 7.94. The van der Waals surface area contributed by atoms with Crippen molar-refractivity contribution in [3.8, 4) is 0 Å². The number of rotatable bonds is 6. The zero-order chi connectivity index (χ0) is 19.4. The largest absolute Gasteiger partial charge is 0.352 e. The maximum Gasteiger partial charge on any atom is 0.333 e. The van der Waals surface area contributed by atoms with Crippen molar-refractivity contribution in [2.24, 2.45) is 0 Å². The van der Waals surface area contributed by atoms with Crippen molar-refractivity contribution in [2.75, 3.05) is 0 Å².